The topological polar surface area (TPSA) is 41.3 Å². The largest absolute Gasteiger partial charge is 0.469 e. The number of aryl methyl sites for hydroxylation is 1. The van der Waals surface area contributed by atoms with Gasteiger partial charge in [-0.15, -0.1) is 0 Å². The molecule has 0 amide bonds. The van der Waals surface area contributed by atoms with Gasteiger partial charge in [0.15, 0.2) is 0 Å². The average molecular weight is 245 g/mol. The molecule has 96 valence electrons. The van der Waals surface area contributed by atoms with Crippen LogP contribution in [-0.4, -0.2) is 24.0 Å². The van der Waals surface area contributed by atoms with Gasteiger partial charge in [0.05, 0.1) is 6.26 Å². The third-order valence-electron chi connectivity index (χ3n) is 2.94. The van der Waals surface area contributed by atoms with E-state index in [1.165, 1.54) is 11.1 Å². The summed E-state index contributed by atoms with van der Waals surface area (Å²) in [7, 11) is 3.97. The molecule has 0 aliphatic heterocycles. The van der Waals surface area contributed by atoms with Crippen molar-refractivity contribution < 1.29 is 4.42 Å². The second kappa shape index (κ2) is 5.69. The molecule has 2 heterocycles. The number of rotatable bonds is 5. The molecule has 0 atom stereocenters. The first-order valence-corrected chi connectivity index (χ1v) is 6.03. The normalized spacial score (nSPS) is 10.9. The standard InChI is InChI=1S/C14H19N3O/c1-11-13(6-7-18-11)10-17(3)9-12-4-5-14(15-2)16-8-12/h4-8H,9-10H2,1-3H3,(H,15,16). The third kappa shape index (κ3) is 3.11. The van der Waals surface area contributed by atoms with E-state index in [0.29, 0.717) is 0 Å². The number of hydrogen-bond donors (Lipinski definition) is 1. The van der Waals surface area contributed by atoms with E-state index in [9.17, 15) is 0 Å². The highest BCUT2D eigenvalue weighted by Crippen LogP contribution is 2.13. The van der Waals surface area contributed by atoms with Crippen LogP contribution in [0.4, 0.5) is 5.82 Å². The zero-order valence-electron chi connectivity index (χ0n) is 11.1. The number of anilines is 1. The first-order valence-electron chi connectivity index (χ1n) is 6.03. The van der Waals surface area contributed by atoms with Crippen LogP contribution in [0.5, 0.6) is 0 Å². The maximum Gasteiger partial charge on any atom is 0.125 e. The van der Waals surface area contributed by atoms with Crippen molar-refractivity contribution in [1.29, 1.82) is 0 Å². The molecule has 0 aliphatic rings. The first kappa shape index (κ1) is 12.6. The van der Waals surface area contributed by atoms with E-state index in [-0.39, 0.29) is 0 Å². The van der Waals surface area contributed by atoms with Crippen molar-refractivity contribution in [2.45, 2.75) is 20.0 Å². The summed E-state index contributed by atoms with van der Waals surface area (Å²) in [5, 5.41) is 3.01. The third-order valence-corrected chi connectivity index (χ3v) is 2.94. The minimum absolute atomic E-state index is 0.877. The van der Waals surface area contributed by atoms with Gasteiger partial charge < -0.3 is 9.73 Å². The van der Waals surface area contributed by atoms with Gasteiger partial charge in [0, 0.05) is 31.9 Å². The fourth-order valence-electron chi connectivity index (χ4n) is 1.90. The van der Waals surface area contributed by atoms with Crippen LogP contribution in [0.3, 0.4) is 0 Å². The first-order chi connectivity index (χ1) is 8.69. The van der Waals surface area contributed by atoms with Crippen LogP contribution in [0.15, 0.2) is 35.1 Å². The Bertz CT molecular complexity index is 490. The molecule has 4 nitrogen and oxygen atoms in total. The van der Waals surface area contributed by atoms with E-state index >= 15 is 0 Å². The van der Waals surface area contributed by atoms with Crippen LogP contribution in [0.1, 0.15) is 16.9 Å². The van der Waals surface area contributed by atoms with Crippen molar-refractivity contribution >= 4 is 5.82 Å². The Hall–Kier alpha value is -1.81. The summed E-state index contributed by atoms with van der Waals surface area (Å²) in [6.45, 7) is 3.75. The number of hydrogen-bond acceptors (Lipinski definition) is 4. The Kier molecular flexibility index (Phi) is 3.99. The summed E-state index contributed by atoms with van der Waals surface area (Å²) in [4.78, 5) is 6.55. The van der Waals surface area contributed by atoms with Crippen molar-refractivity contribution in [2.24, 2.45) is 0 Å². The maximum atomic E-state index is 5.30. The molecule has 2 rings (SSSR count). The summed E-state index contributed by atoms with van der Waals surface area (Å²) < 4.78 is 5.30. The monoisotopic (exact) mass is 245 g/mol. The second-order valence-corrected chi connectivity index (χ2v) is 4.48. The van der Waals surface area contributed by atoms with Gasteiger partial charge in [-0.05, 0) is 31.7 Å². The van der Waals surface area contributed by atoms with Gasteiger partial charge in [0.2, 0.25) is 0 Å². The number of pyridine rings is 1. The van der Waals surface area contributed by atoms with Gasteiger partial charge >= 0.3 is 0 Å². The van der Waals surface area contributed by atoms with E-state index in [1.54, 1.807) is 6.26 Å². The van der Waals surface area contributed by atoms with Crippen LogP contribution >= 0.6 is 0 Å². The summed E-state index contributed by atoms with van der Waals surface area (Å²) in [6, 6.07) is 6.11. The molecule has 4 heteroatoms. The maximum absolute atomic E-state index is 5.30. The van der Waals surface area contributed by atoms with Gasteiger partial charge in [-0.2, -0.15) is 0 Å². The Morgan fingerprint density at radius 3 is 2.67 bits per heavy atom. The Balaban J connectivity index is 1.94. The van der Waals surface area contributed by atoms with E-state index < -0.39 is 0 Å². The SMILES string of the molecule is CNc1ccc(CN(C)Cc2ccoc2C)cn1. The molecular weight excluding hydrogens is 226 g/mol. The predicted molar refractivity (Wildman–Crippen MR) is 72.4 cm³/mol. The molecule has 0 saturated heterocycles. The zero-order chi connectivity index (χ0) is 13.0. The van der Waals surface area contributed by atoms with Crippen molar-refractivity contribution in [3.63, 3.8) is 0 Å². The van der Waals surface area contributed by atoms with Crippen molar-refractivity contribution in [3.8, 4) is 0 Å². The fourth-order valence-corrected chi connectivity index (χ4v) is 1.90. The molecule has 0 bridgehead atoms. The lowest BCUT2D eigenvalue weighted by molar-refractivity contribution is 0.316. The van der Waals surface area contributed by atoms with Gasteiger partial charge in [0.1, 0.15) is 11.6 Å². The van der Waals surface area contributed by atoms with Crippen LogP contribution in [0.2, 0.25) is 0 Å². The Labute approximate surface area is 108 Å². The molecule has 0 unspecified atom stereocenters. The molecule has 0 radical (unpaired) electrons. The van der Waals surface area contributed by atoms with E-state index in [2.05, 4.69) is 28.3 Å². The van der Waals surface area contributed by atoms with Gasteiger partial charge in [-0.25, -0.2) is 4.98 Å². The van der Waals surface area contributed by atoms with Crippen LogP contribution in [0.25, 0.3) is 0 Å². The molecular formula is C14H19N3O. The zero-order valence-corrected chi connectivity index (χ0v) is 11.1. The van der Waals surface area contributed by atoms with Crippen molar-refractivity contribution in [2.75, 3.05) is 19.4 Å². The Morgan fingerprint density at radius 1 is 1.28 bits per heavy atom. The number of nitrogens with zero attached hydrogens (tertiary/aromatic N) is 2. The van der Waals surface area contributed by atoms with Crippen molar-refractivity contribution in [1.82, 2.24) is 9.88 Å². The minimum atomic E-state index is 0.877. The molecule has 18 heavy (non-hydrogen) atoms. The summed E-state index contributed by atoms with van der Waals surface area (Å²) in [5.74, 6) is 1.89. The number of furan rings is 1. The molecule has 0 aromatic carbocycles. The summed E-state index contributed by atoms with van der Waals surface area (Å²) in [5.41, 5.74) is 2.44. The van der Waals surface area contributed by atoms with Crippen LogP contribution in [-0.2, 0) is 13.1 Å². The second-order valence-electron chi connectivity index (χ2n) is 4.48. The predicted octanol–water partition coefficient (Wildman–Crippen LogP) is 2.66. The lowest BCUT2D eigenvalue weighted by atomic mass is 10.2. The summed E-state index contributed by atoms with van der Waals surface area (Å²) >= 11 is 0. The highest BCUT2D eigenvalue weighted by Gasteiger charge is 2.06. The van der Waals surface area contributed by atoms with Gasteiger partial charge in [-0.1, -0.05) is 6.07 Å². The van der Waals surface area contributed by atoms with E-state index in [4.69, 9.17) is 4.42 Å². The minimum Gasteiger partial charge on any atom is -0.469 e. The highest BCUT2D eigenvalue weighted by atomic mass is 16.3. The summed E-state index contributed by atoms with van der Waals surface area (Å²) in [6.07, 6.45) is 3.65. The highest BCUT2D eigenvalue weighted by molar-refractivity contribution is 5.34. The van der Waals surface area contributed by atoms with Crippen molar-refractivity contribution in [3.05, 3.63) is 47.5 Å². The smallest absolute Gasteiger partial charge is 0.125 e. The quantitative estimate of drug-likeness (QED) is 0.879. The Morgan fingerprint density at radius 2 is 2.11 bits per heavy atom. The molecule has 0 spiro atoms. The number of aromatic nitrogens is 1. The molecule has 0 fully saturated rings. The fraction of sp³-hybridized carbons (Fsp3) is 0.357. The van der Waals surface area contributed by atoms with Crippen LogP contribution < -0.4 is 5.32 Å². The van der Waals surface area contributed by atoms with E-state index in [1.807, 2.05) is 32.3 Å². The van der Waals surface area contributed by atoms with Crippen LogP contribution in [0, 0.1) is 6.92 Å². The number of nitrogens with one attached hydrogen (secondary N) is 1. The molecule has 2 aromatic rings. The average Bonchev–Trinajstić information content (AvgIpc) is 2.76. The molecule has 2 aromatic heterocycles. The molecule has 1 N–H and O–H groups in total. The van der Waals surface area contributed by atoms with E-state index in [0.717, 1.165) is 24.7 Å². The van der Waals surface area contributed by atoms with Gasteiger partial charge in [0.25, 0.3) is 0 Å². The lowest BCUT2D eigenvalue weighted by Gasteiger charge is -2.16. The van der Waals surface area contributed by atoms with Gasteiger partial charge in [-0.3, -0.25) is 4.90 Å². The molecule has 0 saturated carbocycles. The lowest BCUT2D eigenvalue weighted by Crippen LogP contribution is -2.17. The molecule has 0 aliphatic carbocycles.